The first-order chi connectivity index (χ1) is 16.6. The van der Waals surface area contributed by atoms with Crippen molar-refractivity contribution in [2.75, 3.05) is 12.0 Å². The molecule has 0 saturated heterocycles. The zero-order chi connectivity index (χ0) is 25.3. The summed E-state index contributed by atoms with van der Waals surface area (Å²) in [6.45, 7) is 7.82. The van der Waals surface area contributed by atoms with E-state index in [0.29, 0.717) is 29.1 Å². The number of phenols is 2. The van der Waals surface area contributed by atoms with Crippen molar-refractivity contribution >= 4 is 17.4 Å². The van der Waals surface area contributed by atoms with E-state index in [9.17, 15) is 14.6 Å². The molecule has 0 aliphatic carbocycles. The van der Waals surface area contributed by atoms with Gasteiger partial charge in [-0.2, -0.15) is 0 Å². The fourth-order valence-corrected chi connectivity index (χ4v) is 4.29. The summed E-state index contributed by atoms with van der Waals surface area (Å²) in [6, 6.07) is 15.6. The molecule has 180 valence electrons. The van der Waals surface area contributed by atoms with Crippen LogP contribution >= 0.6 is 0 Å². The van der Waals surface area contributed by atoms with Crippen molar-refractivity contribution in [1.82, 2.24) is 0 Å². The highest BCUT2D eigenvalue weighted by Gasteiger charge is 2.34. The Kier molecular flexibility index (Phi) is 6.35. The minimum absolute atomic E-state index is 0.0180. The highest BCUT2D eigenvalue weighted by atomic mass is 19.1. The van der Waals surface area contributed by atoms with Gasteiger partial charge in [0.2, 0.25) is 5.96 Å². The van der Waals surface area contributed by atoms with Gasteiger partial charge < -0.3 is 19.8 Å². The first-order valence-electron chi connectivity index (χ1n) is 11.2. The summed E-state index contributed by atoms with van der Waals surface area (Å²) in [7, 11) is 1.53. The minimum Gasteiger partial charge on any atom is -0.508 e. The lowest BCUT2D eigenvalue weighted by Crippen LogP contribution is -2.39. The van der Waals surface area contributed by atoms with Gasteiger partial charge in [0.25, 0.3) is 0 Å². The summed E-state index contributed by atoms with van der Waals surface area (Å²) in [6.07, 6.45) is 2.17. The number of hydrogen-bond donors (Lipinski definition) is 3. The standard InChI is InChI=1S/C28H28FN3O3/c1-5-28(2,3)22-14-21(26(35-4)16-25(22)34)24-15-23(17-6-12-20(33)13-7-17)31-27(30)32(24)19-10-8-18(29)9-11-19/h5-14,16,24,30,33-34H,1,15H2,2-4H3. The number of aliphatic imine (C=N–C) groups is 1. The van der Waals surface area contributed by atoms with E-state index in [4.69, 9.17) is 10.1 Å². The molecule has 0 bridgehead atoms. The van der Waals surface area contributed by atoms with Crippen LogP contribution in [0.2, 0.25) is 0 Å². The van der Waals surface area contributed by atoms with E-state index in [2.05, 4.69) is 11.6 Å². The average Bonchev–Trinajstić information content (AvgIpc) is 2.84. The van der Waals surface area contributed by atoms with Crippen molar-refractivity contribution in [2.45, 2.75) is 31.7 Å². The number of phenolic OH excluding ortho intramolecular Hbond substituents is 2. The number of nitrogens with zero attached hydrogens (tertiary/aromatic N) is 2. The van der Waals surface area contributed by atoms with Gasteiger partial charge in [-0.15, -0.1) is 6.58 Å². The summed E-state index contributed by atoms with van der Waals surface area (Å²) in [5.74, 6) is 0.293. The summed E-state index contributed by atoms with van der Waals surface area (Å²) in [5.41, 5.74) is 2.94. The number of benzene rings is 3. The van der Waals surface area contributed by atoms with Crippen molar-refractivity contribution in [3.63, 3.8) is 0 Å². The molecule has 3 N–H and O–H groups in total. The number of halogens is 1. The number of anilines is 1. The van der Waals surface area contributed by atoms with E-state index in [0.717, 1.165) is 11.1 Å². The molecule has 3 aromatic carbocycles. The molecule has 1 heterocycles. The molecule has 0 fully saturated rings. The van der Waals surface area contributed by atoms with Crippen LogP contribution in [0.3, 0.4) is 0 Å². The Morgan fingerprint density at radius 3 is 2.37 bits per heavy atom. The summed E-state index contributed by atoms with van der Waals surface area (Å²) in [5, 5.41) is 29.3. The monoisotopic (exact) mass is 473 g/mol. The Hall–Kier alpha value is -4.13. The van der Waals surface area contributed by atoms with Crippen molar-refractivity contribution in [3.05, 3.63) is 95.8 Å². The lowest BCUT2D eigenvalue weighted by atomic mass is 9.81. The molecule has 1 aliphatic heterocycles. The van der Waals surface area contributed by atoms with Gasteiger partial charge in [0.15, 0.2) is 0 Å². The molecule has 0 radical (unpaired) electrons. The van der Waals surface area contributed by atoms with Gasteiger partial charge in [-0.05, 0) is 60.2 Å². The van der Waals surface area contributed by atoms with Crippen LogP contribution in [0.1, 0.15) is 43.0 Å². The van der Waals surface area contributed by atoms with Gasteiger partial charge >= 0.3 is 0 Å². The molecular formula is C28H28FN3O3. The fourth-order valence-electron chi connectivity index (χ4n) is 4.29. The van der Waals surface area contributed by atoms with Crippen molar-refractivity contribution in [1.29, 1.82) is 5.41 Å². The van der Waals surface area contributed by atoms with Gasteiger partial charge in [0.1, 0.15) is 23.1 Å². The smallest absolute Gasteiger partial charge is 0.223 e. The van der Waals surface area contributed by atoms with E-state index >= 15 is 0 Å². The van der Waals surface area contributed by atoms with Gasteiger partial charge in [0, 0.05) is 34.7 Å². The van der Waals surface area contributed by atoms with E-state index in [1.807, 2.05) is 19.9 Å². The zero-order valence-electron chi connectivity index (χ0n) is 19.9. The number of hydrogen-bond acceptors (Lipinski definition) is 4. The first-order valence-corrected chi connectivity index (χ1v) is 11.2. The van der Waals surface area contributed by atoms with Crippen LogP contribution in [0.15, 0.2) is 78.3 Å². The van der Waals surface area contributed by atoms with E-state index in [1.165, 1.54) is 19.2 Å². The van der Waals surface area contributed by atoms with Crippen molar-refractivity contribution < 1.29 is 19.3 Å². The molecule has 6 nitrogen and oxygen atoms in total. The van der Waals surface area contributed by atoms with Gasteiger partial charge in [-0.25, -0.2) is 9.38 Å². The largest absolute Gasteiger partial charge is 0.508 e. The maximum atomic E-state index is 13.7. The molecule has 0 amide bonds. The van der Waals surface area contributed by atoms with Crippen LogP contribution in [0.25, 0.3) is 0 Å². The third-order valence-electron chi connectivity index (χ3n) is 6.38. The van der Waals surface area contributed by atoms with Crippen LogP contribution in [0, 0.1) is 11.2 Å². The normalized spacial score (nSPS) is 16.1. The minimum atomic E-state index is -0.526. The molecule has 3 aromatic rings. The zero-order valence-corrected chi connectivity index (χ0v) is 19.9. The second-order valence-corrected chi connectivity index (χ2v) is 9.03. The lowest BCUT2D eigenvalue weighted by Gasteiger charge is -2.37. The number of rotatable bonds is 6. The lowest BCUT2D eigenvalue weighted by molar-refractivity contribution is 0.395. The van der Waals surface area contributed by atoms with E-state index < -0.39 is 11.5 Å². The molecular weight excluding hydrogens is 445 g/mol. The third kappa shape index (κ3) is 4.62. The summed E-state index contributed by atoms with van der Waals surface area (Å²) in [4.78, 5) is 6.27. The van der Waals surface area contributed by atoms with Gasteiger partial charge in [-0.3, -0.25) is 5.41 Å². The Morgan fingerprint density at radius 2 is 1.77 bits per heavy atom. The molecule has 0 saturated carbocycles. The fraction of sp³-hybridized carbons (Fsp3) is 0.214. The summed E-state index contributed by atoms with van der Waals surface area (Å²) >= 11 is 0. The molecule has 4 rings (SSSR count). The number of allylic oxidation sites excluding steroid dienone is 1. The Labute approximate surface area is 204 Å². The maximum absolute atomic E-state index is 13.7. The first kappa shape index (κ1) is 24.0. The van der Waals surface area contributed by atoms with Crippen molar-refractivity contribution in [2.24, 2.45) is 4.99 Å². The molecule has 0 aromatic heterocycles. The highest BCUT2D eigenvalue weighted by Crippen LogP contribution is 2.44. The molecule has 1 unspecified atom stereocenters. The number of guanidine groups is 1. The average molecular weight is 474 g/mol. The predicted molar refractivity (Wildman–Crippen MR) is 136 cm³/mol. The van der Waals surface area contributed by atoms with Crippen LogP contribution in [-0.4, -0.2) is 29.0 Å². The second kappa shape index (κ2) is 9.25. The van der Waals surface area contributed by atoms with Crippen LogP contribution < -0.4 is 9.64 Å². The second-order valence-electron chi connectivity index (χ2n) is 9.03. The number of nitrogens with one attached hydrogen (secondary N) is 1. The third-order valence-corrected chi connectivity index (χ3v) is 6.38. The van der Waals surface area contributed by atoms with E-state index in [-0.39, 0.29) is 23.3 Å². The molecule has 1 aliphatic rings. The predicted octanol–water partition coefficient (Wildman–Crippen LogP) is 6.08. The van der Waals surface area contributed by atoms with Gasteiger partial charge in [-0.1, -0.05) is 19.9 Å². The number of aromatic hydroxyl groups is 2. The van der Waals surface area contributed by atoms with E-state index in [1.54, 1.807) is 53.4 Å². The summed E-state index contributed by atoms with van der Waals surface area (Å²) < 4.78 is 19.4. The molecule has 0 spiro atoms. The Morgan fingerprint density at radius 1 is 1.11 bits per heavy atom. The molecule has 35 heavy (non-hydrogen) atoms. The molecule has 7 heteroatoms. The quantitative estimate of drug-likeness (QED) is 0.378. The van der Waals surface area contributed by atoms with Gasteiger partial charge in [0.05, 0.1) is 18.9 Å². The highest BCUT2D eigenvalue weighted by molar-refractivity contribution is 6.13. The van der Waals surface area contributed by atoms with Crippen LogP contribution in [0.4, 0.5) is 10.1 Å². The van der Waals surface area contributed by atoms with Crippen LogP contribution in [-0.2, 0) is 5.41 Å². The SMILES string of the molecule is C=CC(C)(C)c1cc(C2CC(c3ccc(O)cc3)=NC(=N)N2c2ccc(F)cc2)c(OC)cc1O. The Bertz CT molecular complexity index is 1300. The Balaban J connectivity index is 1.92. The maximum Gasteiger partial charge on any atom is 0.223 e. The number of methoxy groups -OCH3 is 1. The van der Waals surface area contributed by atoms with Crippen LogP contribution in [0.5, 0.6) is 17.2 Å². The van der Waals surface area contributed by atoms with Crippen molar-refractivity contribution in [3.8, 4) is 17.2 Å². The molecule has 1 atom stereocenters. The topological polar surface area (TPSA) is 89.1 Å². The number of ether oxygens (including phenoxy) is 1.